The summed E-state index contributed by atoms with van der Waals surface area (Å²) >= 11 is 0. The second kappa shape index (κ2) is 4.51. The molecule has 0 saturated heterocycles. The number of nitrogens with zero attached hydrogens (tertiary/aromatic N) is 1. The molecule has 0 spiro atoms. The molecule has 18 heavy (non-hydrogen) atoms. The summed E-state index contributed by atoms with van der Waals surface area (Å²) < 4.78 is 41.9. The molecule has 1 aromatic carbocycles. The fourth-order valence-electron chi connectivity index (χ4n) is 1.90. The monoisotopic (exact) mass is 259 g/mol. The molecule has 0 aromatic heterocycles. The van der Waals surface area contributed by atoms with Crippen LogP contribution in [0, 0.1) is 0 Å². The van der Waals surface area contributed by atoms with E-state index in [1.165, 1.54) is 0 Å². The highest BCUT2D eigenvalue weighted by Gasteiger charge is 2.41. The number of hydrogen-bond acceptors (Lipinski definition) is 2. The average molecular weight is 259 g/mol. The zero-order valence-corrected chi connectivity index (χ0v) is 9.75. The first-order valence-electron chi connectivity index (χ1n) is 5.45. The minimum atomic E-state index is -4.82. The van der Waals surface area contributed by atoms with Crippen LogP contribution in [0.25, 0.3) is 0 Å². The van der Waals surface area contributed by atoms with Gasteiger partial charge in [-0.15, -0.1) is 0 Å². The Morgan fingerprint density at radius 3 is 2.83 bits per heavy atom. The van der Waals surface area contributed by atoms with Crippen LogP contribution >= 0.6 is 0 Å². The lowest BCUT2D eigenvalue weighted by molar-refractivity contribution is -0.184. The van der Waals surface area contributed by atoms with Crippen LogP contribution in [0.4, 0.5) is 13.2 Å². The lowest BCUT2D eigenvalue weighted by atomic mass is 10.1. The van der Waals surface area contributed by atoms with Crippen molar-refractivity contribution >= 4 is 5.91 Å². The first-order valence-corrected chi connectivity index (χ1v) is 5.45. The second-order valence-corrected chi connectivity index (χ2v) is 4.20. The van der Waals surface area contributed by atoms with E-state index in [-0.39, 0.29) is 6.54 Å². The molecule has 0 radical (unpaired) electrons. The van der Waals surface area contributed by atoms with E-state index in [0.717, 1.165) is 24.8 Å². The number of carbonyl (C=O) groups excluding carboxylic acids is 1. The molecule has 0 fully saturated rings. The lowest BCUT2D eigenvalue weighted by Gasteiger charge is -2.18. The van der Waals surface area contributed by atoms with E-state index in [1.54, 1.807) is 18.2 Å². The molecular formula is C12H12F3NO2. The Morgan fingerprint density at radius 2 is 2.17 bits per heavy atom. The van der Waals surface area contributed by atoms with Crippen molar-refractivity contribution in [1.82, 2.24) is 4.90 Å². The predicted molar refractivity (Wildman–Crippen MR) is 58.2 cm³/mol. The molecule has 1 amide bonds. The summed E-state index contributed by atoms with van der Waals surface area (Å²) in [5, 5.41) is 0. The molecule has 1 aliphatic heterocycles. The van der Waals surface area contributed by atoms with Gasteiger partial charge in [0.15, 0.2) is 0 Å². The molecule has 1 heterocycles. The molecule has 0 unspecified atom stereocenters. The summed E-state index contributed by atoms with van der Waals surface area (Å²) in [5.41, 5.74) is 1.64. The average Bonchev–Trinajstić information content (AvgIpc) is 2.73. The van der Waals surface area contributed by atoms with Crippen molar-refractivity contribution in [3.05, 3.63) is 29.3 Å². The van der Waals surface area contributed by atoms with Crippen LogP contribution in [0.1, 0.15) is 11.1 Å². The Labute approximate surface area is 102 Å². The van der Waals surface area contributed by atoms with Gasteiger partial charge in [0.1, 0.15) is 5.75 Å². The summed E-state index contributed by atoms with van der Waals surface area (Å²) in [6, 6.07) is 5.18. The number of halogens is 3. The fourth-order valence-corrected chi connectivity index (χ4v) is 1.90. The first-order chi connectivity index (χ1) is 8.38. The maximum absolute atomic E-state index is 12.2. The van der Waals surface area contributed by atoms with Crippen molar-refractivity contribution in [1.29, 1.82) is 0 Å². The van der Waals surface area contributed by atoms with Gasteiger partial charge in [0.2, 0.25) is 0 Å². The van der Waals surface area contributed by atoms with Gasteiger partial charge in [-0.25, -0.2) is 0 Å². The standard InChI is InChI=1S/C12H12F3NO2/c1-16(11(17)12(13,14)15)7-8-2-3-10-9(6-8)4-5-18-10/h2-3,6H,4-5,7H2,1H3. The highest BCUT2D eigenvalue weighted by Crippen LogP contribution is 2.26. The number of rotatable bonds is 2. The van der Waals surface area contributed by atoms with Crippen LogP contribution in [0.2, 0.25) is 0 Å². The summed E-state index contributed by atoms with van der Waals surface area (Å²) in [7, 11) is 1.14. The Bertz CT molecular complexity index is 471. The normalized spacial score (nSPS) is 14.0. The first kappa shape index (κ1) is 12.7. The Kier molecular flexibility index (Phi) is 3.19. The van der Waals surface area contributed by atoms with Gasteiger partial charge in [-0.1, -0.05) is 12.1 Å². The second-order valence-electron chi connectivity index (χ2n) is 4.20. The van der Waals surface area contributed by atoms with Gasteiger partial charge in [-0.2, -0.15) is 13.2 Å². The van der Waals surface area contributed by atoms with Crippen molar-refractivity contribution in [3.63, 3.8) is 0 Å². The zero-order chi connectivity index (χ0) is 13.3. The van der Waals surface area contributed by atoms with Gasteiger partial charge in [-0.05, 0) is 17.2 Å². The van der Waals surface area contributed by atoms with Gasteiger partial charge in [0.05, 0.1) is 6.61 Å². The quantitative estimate of drug-likeness (QED) is 0.814. The van der Waals surface area contributed by atoms with Crippen molar-refractivity contribution in [3.8, 4) is 5.75 Å². The van der Waals surface area contributed by atoms with Crippen LogP contribution in [0.3, 0.4) is 0 Å². The lowest BCUT2D eigenvalue weighted by Crippen LogP contribution is -2.37. The Hall–Kier alpha value is -1.72. The summed E-state index contributed by atoms with van der Waals surface area (Å²) in [4.78, 5) is 11.6. The minimum Gasteiger partial charge on any atom is -0.493 e. The molecule has 0 atom stereocenters. The SMILES string of the molecule is CN(Cc1ccc2c(c1)CCO2)C(=O)C(F)(F)F. The molecule has 3 nitrogen and oxygen atoms in total. The molecule has 1 aliphatic rings. The Balaban J connectivity index is 2.08. The highest BCUT2D eigenvalue weighted by atomic mass is 19.4. The van der Waals surface area contributed by atoms with Crippen LogP contribution in [0.15, 0.2) is 18.2 Å². The van der Waals surface area contributed by atoms with Gasteiger partial charge in [0, 0.05) is 20.0 Å². The van der Waals surface area contributed by atoms with Gasteiger partial charge < -0.3 is 9.64 Å². The van der Waals surface area contributed by atoms with E-state index in [1.807, 2.05) is 0 Å². The molecule has 2 rings (SSSR count). The predicted octanol–water partition coefficient (Wildman–Crippen LogP) is 2.14. The van der Waals surface area contributed by atoms with E-state index in [4.69, 9.17) is 4.74 Å². The van der Waals surface area contributed by atoms with Crippen molar-refractivity contribution in [2.75, 3.05) is 13.7 Å². The van der Waals surface area contributed by atoms with E-state index < -0.39 is 12.1 Å². The molecule has 0 aliphatic carbocycles. The van der Waals surface area contributed by atoms with Crippen LogP contribution < -0.4 is 4.74 Å². The van der Waals surface area contributed by atoms with Gasteiger partial charge in [-0.3, -0.25) is 4.79 Å². The van der Waals surface area contributed by atoms with Gasteiger partial charge >= 0.3 is 12.1 Å². The number of carbonyl (C=O) groups is 1. The van der Waals surface area contributed by atoms with E-state index in [9.17, 15) is 18.0 Å². The number of hydrogen-bond donors (Lipinski definition) is 0. The van der Waals surface area contributed by atoms with Crippen molar-refractivity contribution in [2.24, 2.45) is 0 Å². The highest BCUT2D eigenvalue weighted by molar-refractivity contribution is 5.81. The van der Waals surface area contributed by atoms with Crippen molar-refractivity contribution < 1.29 is 22.7 Å². The molecule has 98 valence electrons. The van der Waals surface area contributed by atoms with Crippen LogP contribution in [0.5, 0.6) is 5.75 Å². The third-order valence-corrected chi connectivity index (χ3v) is 2.76. The topological polar surface area (TPSA) is 29.5 Å². The molecule has 0 bridgehead atoms. The van der Waals surface area contributed by atoms with E-state index in [2.05, 4.69) is 0 Å². The van der Waals surface area contributed by atoms with Crippen molar-refractivity contribution in [2.45, 2.75) is 19.1 Å². The minimum absolute atomic E-state index is 0.0639. The Morgan fingerprint density at radius 1 is 1.44 bits per heavy atom. The molecule has 1 aromatic rings. The molecule has 0 saturated carbocycles. The van der Waals surface area contributed by atoms with Crippen LogP contribution in [-0.2, 0) is 17.8 Å². The number of fused-ring (bicyclic) bond motifs is 1. The maximum atomic E-state index is 12.2. The van der Waals surface area contributed by atoms with Crippen LogP contribution in [-0.4, -0.2) is 30.6 Å². The molecule has 6 heteroatoms. The number of alkyl halides is 3. The summed E-state index contributed by atoms with van der Waals surface area (Å²) in [6.07, 6.45) is -4.07. The largest absolute Gasteiger partial charge is 0.493 e. The summed E-state index contributed by atoms with van der Waals surface area (Å²) in [5.74, 6) is -1.07. The number of ether oxygens (including phenoxy) is 1. The zero-order valence-electron chi connectivity index (χ0n) is 9.75. The van der Waals surface area contributed by atoms with E-state index in [0.29, 0.717) is 17.1 Å². The van der Waals surface area contributed by atoms with E-state index >= 15 is 0 Å². The third-order valence-electron chi connectivity index (χ3n) is 2.76. The smallest absolute Gasteiger partial charge is 0.471 e. The fraction of sp³-hybridized carbons (Fsp3) is 0.417. The molecular weight excluding hydrogens is 247 g/mol. The maximum Gasteiger partial charge on any atom is 0.471 e. The number of benzene rings is 1. The third kappa shape index (κ3) is 2.57. The van der Waals surface area contributed by atoms with Gasteiger partial charge in [0.25, 0.3) is 0 Å². The summed E-state index contributed by atoms with van der Waals surface area (Å²) in [6.45, 7) is 0.529. The number of amides is 1. The molecule has 0 N–H and O–H groups in total.